The Bertz CT molecular complexity index is 319. The first kappa shape index (κ1) is 19.8. The second-order valence-corrected chi connectivity index (χ2v) is 4.88. The van der Waals surface area contributed by atoms with E-state index in [0.717, 1.165) is 6.26 Å². The molecule has 0 aromatic carbocycles. The summed E-state index contributed by atoms with van der Waals surface area (Å²) < 4.78 is 9.91. The van der Waals surface area contributed by atoms with Crippen LogP contribution in [-0.4, -0.2) is 17.2 Å². The number of aliphatic hydroxyl groups is 1. The van der Waals surface area contributed by atoms with Gasteiger partial charge in [0.1, 0.15) is 0 Å². The molecule has 1 N–H and O–H groups in total. The molecule has 0 aliphatic carbocycles. The van der Waals surface area contributed by atoms with E-state index >= 15 is 0 Å². The molecule has 4 nitrogen and oxygen atoms in total. The van der Waals surface area contributed by atoms with Crippen LogP contribution in [0.1, 0.15) is 41.0 Å². The van der Waals surface area contributed by atoms with E-state index in [-0.39, 0.29) is 44.2 Å². The Morgan fingerprint density at radius 2 is 1.94 bits per heavy atom. The molecule has 5 heteroatoms. The minimum Gasteiger partial charge on any atom is -0.481 e. The second-order valence-electron chi connectivity index (χ2n) is 4.88. The van der Waals surface area contributed by atoms with Crippen molar-refractivity contribution < 1.29 is 45.6 Å². The molecule has 102 valence electrons. The van der Waals surface area contributed by atoms with Crippen molar-refractivity contribution in [3.05, 3.63) is 24.4 Å². The fraction of sp³-hybridized carbons (Fsp3) is 0.615. The molecule has 0 amide bonds. The molecule has 0 aromatic rings. The van der Waals surface area contributed by atoms with Crippen LogP contribution in [0, 0.1) is 5.41 Å². The summed E-state index contributed by atoms with van der Waals surface area (Å²) in [5.41, 5.74) is -0.122. The Morgan fingerprint density at radius 1 is 1.44 bits per heavy atom. The van der Waals surface area contributed by atoms with Crippen LogP contribution in [0.15, 0.2) is 24.4 Å². The zero-order valence-corrected chi connectivity index (χ0v) is 14.2. The van der Waals surface area contributed by atoms with Crippen molar-refractivity contribution in [2.24, 2.45) is 5.41 Å². The zero-order valence-electron chi connectivity index (χ0n) is 11.7. The van der Waals surface area contributed by atoms with Crippen LogP contribution in [0.4, 0.5) is 0 Å². The van der Waals surface area contributed by atoms with E-state index in [1.165, 1.54) is 0 Å². The van der Waals surface area contributed by atoms with Crippen LogP contribution in [-0.2, 0) is 40.5 Å². The maximum atomic E-state index is 11.8. The number of hydrogen-bond acceptors (Lipinski definition) is 4. The molecule has 0 saturated carbocycles. The van der Waals surface area contributed by atoms with E-state index in [9.17, 15) is 9.90 Å². The van der Waals surface area contributed by atoms with Crippen molar-refractivity contribution in [3.63, 3.8) is 0 Å². The average Bonchev–Trinajstić information content (AvgIpc) is 2.16. The van der Waals surface area contributed by atoms with Gasteiger partial charge in [-0.15, -0.1) is 0 Å². The average molecular weight is 334 g/mol. The van der Waals surface area contributed by atoms with Gasteiger partial charge in [-0.25, -0.2) is 0 Å². The summed E-state index contributed by atoms with van der Waals surface area (Å²) in [6.45, 7) is 12.2. The molecule has 0 atom stereocenters. The van der Waals surface area contributed by atoms with Crippen LogP contribution < -0.4 is 0 Å². The Kier molecular flexibility index (Phi) is 9.36. The van der Waals surface area contributed by atoms with E-state index in [4.69, 9.17) is 9.47 Å². The number of aliphatic hydroxyl groups excluding tert-OH is 1. The predicted octanol–water partition coefficient (Wildman–Crippen LogP) is 3.30. The predicted molar refractivity (Wildman–Crippen MR) is 66.2 cm³/mol. The zero-order chi connectivity index (χ0) is 13.6. The third-order valence-corrected chi connectivity index (χ3v) is 2.16. The van der Waals surface area contributed by atoms with E-state index in [0.29, 0.717) is 12.0 Å². The van der Waals surface area contributed by atoms with Crippen LogP contribution >= 0.6 is 0 Å². The summed E-state index contributed by atoms with van der Waals surface area (Å²) in [7, 11) is 0. The number of allylic oxidation sites excluding steroid dienone is 1. The minimum absolute atomic E-state index is 0. The summed E-state index contributed by atoms with van der Waals surface area (Å²) >= 11 is 0. The number of carbonyl (C=O) groups is 1. The summed E-state index contributed by atoms with van der Waals surface area (Å²) in [4.78, 5) is 11.8. The van der Waals surface area contributed by atoms with Crippen molar-refractivity contribution in [2.75, 3.05) is 0 Å². The first-order chi connectivity index (χ1) is 7.70. The molecule has 0 aliphatic heterocycles. The third kappa shape index (κ3) is 7.00. The molecule has 0 bridgehead atoms. The van der Waals surface area contributed by atoms with Crippen molar-refractivity contribution in [3.8, 4) is 0 Å². The molecule has 18 heavy (non-hydrogen) atoms. The van der Waals surface area contributed by atoms with E-state index in [1.807, 2.05) is 0 Å². The fourth-order valence-corrected chi connectivity index (χ4v) is 1.36. The molecular weight excluding hydrogens is 311 g/mol. The van der Waals surface area contributed by atoms with Gasteiger partial charge in [-0.1, -0.05) is 6.58 Å². The number of ether oxygens (including phenoxy) is 2. The molecule has 0 radical (unpaired) electrons. The Labute approximate surface area is 128 Å². The van der Waals surface area contributed by atoms with Gasteiger partial charge in [0.2, 0.25) is 0 Å². The quantitative estimate of drug-likeness (QED) is 0.598. The first-order valence-electron chi connectivity index (χ1n) is 5.58. The van der Waals surface area contributed by atoms with Gasteiger partial charge < -0.3 is 14.6 Å². The molecule has 0 spiro atoms. The maximum Gasteiger partial charge on any atom is 0.312 e. The Morgan fingerprint density at radius 3 is 2.33 bits per heavy atom. The van der Waals surface area contributed by atoms with E-state index in [2.05, 4.69) is 6.58 Å². The molecule has 0 saturated heterocycles. The fourth-order valence-electron chi connectivity index (χ4n) is 1.36. The topological polar surface area (TPSA) is 55.8 Å². The van der Waals surface area contributed by atoms with E-state index in [1.54, 1.807) is 34.6 Å². The van der Waals surface area contributed by atoms with Crippen molar-refractivity contribution in [1.82, 2.24) is 0 Å². The Hall–Kier alpha value is -0.567. The molecule has 0 unspecified atom stereocenters. The standard InChI is InChI=1S/C13H22O4.Zr/c1-7-16-11(14)10(4)8-13(5,6)12(15)17-9(2)3;/h7,9,14H,1,8H2,2-6H3;/b11-10+;. The largest absolute Gasteiger partial charge is 0.481 e. The molecule has 0 aromatic heterocycles. The van der Waals surface area contributed by atoms with Crippen LogP contribution in [0.2, 0.25) is 0 Å². The smallest absolute Gasteiger partial charge is 0.312 e. The molecular formula is C13H22O4Zr. The number of hydrogen-bond donors (Lipinski definition) is 1. The first-order valence-corrected chi connectivity index (χ1v) is 5.58. The van der Waals surface area contributed by atoms with Crippen molar-refractivity contribution >= 4 is 5.97 Å². The van der Waals surface area contributed by atoms with Crippen molar-refractivity contribution in [1.29, 1.82) is 0 Å². The van der Waals surface area contributed by atoms with Crippen LogP contribution in [0.3, 0.4) is 0 Å². The van der Waals surface area contributed by atoms with Crippen molar-refractivity contribution in [2.45, 2.75) is 47.1 Å². The number of esters is 1. The van der Waals surface area contributed by atoms with Crippen LogP contribution in [0.5, 0.6) is 0 Å². The van der Waals surface area contributed by atoms with Gasteiger partial charge >= 0.3 is 5.97 Å². The SMILES string of the molecule is C=CO/C(O)=C(\C)CC(C)(C)C(=O)OC(C)C.[Zr]. The van der Waals surface area contributed by atoms with Gasteiger partial charge in [0.25, 0.3) is 5.95 Å². The van der Waals surface area contributed by atoms with E-state index < -0.39 is 5.41 Å². The summed E-state index contributed by atoms with van der Waals surface area (Å²) in [5, 5.41) is 9.48. The van der Waals surface area contributed by atoms with Gasteiger partial charge in [0.05, 0.1) is 17.8 Å². The monoisotopic (exact) mass is 332 g/mol. The van der Waals surface area contributed by atoms with Gasteiger partial charge in [-0.3, -0.25) is 4.79 Å². The molecule has 0 aliphatic rings. The summed E-state index contributed by atoms with van der Waals surface area (Å²) in [6, 6.07) is 0. The number of carbonyl (C=O) groups excluding carboxylic acids is 1. The number of rotatable bonds is 6. The summed E-state index contributed by atoms with van der Waals surface area (Å²) in [5.74, 6) is -0.510. The van der Waals surface area contributed by atoms with Gasteiger partial charge in [0.15, 0.2) is 0 Å². The Balaban J connectivity index is 0. The summed E-state index contributed by atoms with van der Waals surface area (Å²) in [6.07, 6.45) is 1.35. The maximum absolute atomic E-state index is 11.8. The second kappa shape index (κ2) is 8.52. The normalized spacial score (nSPS) is 12.3. The van der Waals surface area contributed by atoms with Gasteiger partial charge in [0, 0.05) is 31.8 Å². The molecule has 0 fully saturated rings. The van der Waals surface area contributed by atoms with Crippen LogP contribution in [0.25, 0.3) is 0 Å². The molecule has 0 heterocycles. The third-order valence-electron chi connectivity index (χ3n) is 2.16. The van der Waals surface area contributed by atoms with Gasteiger partial charge in [-0.05, 0) is 41.0 Å². The molecule has 0 rings (SSSR count). The van der Waals surface area contributed by atoms with Gasteiger partial charge in [-0.2, -0.15) is 0 Å². The minimum atomic E-state index is -0.702.